The van der Waals surface area contributed by atoms with E-state index in [1.165, 1.54) is 0 Å². The van der Waals surface area contributed by atoms with E-state index in [2.05, 4.69) is 47.7 Å². The molecule has 21 heavy (non-hydrogen) atoms. The third kappa shape index (κ3) is 6.87. The first kappa shape index (κ1) is 20.5. The first-order chi connectivity index (χ1) is 9.42. The van der Waals surface area contributed by atoms with Crippen LogP contribution in [0.15, 0.2) is 0 Å². The van der Waals surface area contributed by atoms with Crippen LogP contribution >= 0.6 is 0 Å². The van der Waals surface area contributed by atoms with Crippen LogP contribution in [0.25, 0.3) is 0 Å². The molecule has 1 unspecified atom stereocenters. The number of ketones is 1. The van der Waals surface area contributed by atoms with Crippen molar-refractivity contribution < 1.29 is 14.0 Å². The highest BCUT2D eigenvalue weighted by molar-refractivity contribution is 6.74. The topological polar surface area (TPSA) is 43.4 Å². The molecule has 0 saturated heterocycles. The summed E-state index contributed by atoms with van der Waals surface area (Å²) in [5.41, 5.74) is 0. The number of aldehydes is 1. The van der Waals surface area contributed by atoms with Crippen LogP contribution < -0.4 is 0 Å². The van der Waals surface area contributed by atoms with Crippen molar-refractivity contribution in [3.05, 3.63) is 0 Å². The van der Waals surface area contributed by atoms with Crippen LogP contribution in [-0.4, -0.2) is 27.0 Å². The molecule has 0 N–H and O–H groups in total. The van der Waals surface area contributed by atoms with Gasteiger partial charge < -0.3 is 14.0 Å². The minimum absolute atomic E-state index is 0.0846. The smallest absolute Gasteiger partial charge is 0.191 e. The molecule has 2 atom stereocenters. The van der Waals surface area contributed by atoms with Gasteiger partial charge in [-0.25, -0.2) is 0 Å². The molecule has 0 saturated carbocycles. The molecule has 0 heterocycles. The Morgan fingerprint density at radius 1 is 1.24 bits per heavy atom. The van der Waals surface area contributed by atoms with Gasteiger partial charge in [-0.05, 0) is 43.3 Å². The molecule has 0 aromatic carbocycles. The van der Waals surface area contributed by atoms with Crippen molar-refractivity contribution in [2.45, 2.75) is 72.5 Å². The van der Waals surface area contributed by atoms with Crippen molar-refractivity contribution >= 4 is 20.4 Å². The Bertz CT molecular complexity index is 342. The molecule has 0 aromatic rings. The third-order valence-electron chi connectivity index (χ3n) is 4.85. The molecule has 0 radical (unpaired) electrons. The summed E-state index contributed by atoms with van der Waals surface area (Å²) in [6.45, 7) is 17.6. The number of carbonyl (C=O) groups is 2. The van der Waals surface area contributed by atoms with E-state index in [4.69, 9.17) is 4.43 Å². The second kappa shape index (κ2) is 8.23. The molecule has 0 fully saturated rings. The van der Waals surface area contributed by atoms with Crippen LogP contribution in [0.4, 0.5) is 0 Å². The van der Waals surface area contributed by atoms with Gasteiger partial charge in [-0.15, -0.1) is 0 Å². The van der Waals surface area contributed by atoms with Gasteiger partial charge in [0.1, 0.15) is 12.1 Å². The molecule has 0 aliphatic rings. The predicted octanol–water partition coefficient (Wildman–Crippen LogP) is 4.46. The second-order valence-corrected chi connectivity index (χ2v) is 12.8. The Balaban J connectivity index is 4.82. The van der Waals surface area contributed by atoms with Crippen LogP contribution in [-0.2, 0) is 14.0 Å². The lowest BCUT2D eigenvalue weighted by Gasteiger charge is -2.38. The Labute approximate surface area is 132 Å². The van der Waals surface area contributed by atoms with Gasteiger partial charge in [-0.1, -0.05) is 34.6 Å². The van der Waals surface area contributed by atoms with Gasteiger partial charge in [0, 0.05) is 18.9 Å². The fourth-order valence-corrected chi connectivity index (χ4v) is 3.13. The predicted molar refractivity (Wildman–Crippen MR) is 90.9 cm³/mol. The zero-order valence-electron chi connectivity index (χ0n) is 15.2. The number of hydrogen-bond donors (Lipinski definition) is 0. The number of Topliss-reactive ketones (excluding diaryl/α,β-unsaturated/α-hetero) is 1. The molecule has 0 amide bonds. The third-order valence-corrected chi connectivity index (χ3v) is 9.35. The van der Waals surface area contributed by atoms with E-state index < -0.39 is 8.32 Å². The number of hydrogen-bond acceptors (Lipinski definition) is 3. The Morgan fingerprint density at radius 2 is 1.76 bits per heavy atom. The average Bonchev–Trinajstić information content (AvgIpc) is 2.30. The van der Waals surface area contributed by atoms with Gasteiger partial charge in [0.15, 0.2) is 8.32 Å². The molecule has 124 valence electrons. The van der Waals surface area contributed by atoms with E-state index in [1.807, 2.05) is 0 Å². The highest BCUT2D eigenvalue weighted by Gasteiger charge is 2.38. The van der Waals surface area contributed by atoms with Crippen LogP contribution in [0.5, 0.6) is 0 Å². The minimum atomic E-state index is -1.80. The fourth-order valence-electron chi connectivity index (χ4n) is 2.08. The quantitative estimate of drug-likeness (QED) is 0.466. The summed E-state index contributed by atoms with van der Waals surface area (Å²) < 4.78 is 6.30. The lowest BCUT2D eigenvalue weighted by atomic mass is 9.82. The first-order valence-electron chi connectivity index (χ1n) is 8.01. The molecule has 0 bridgehead atoms. The van der Waals surface area contributed by atoms with Crippen molar-refractivity contribution in [2.75, 3.05) is 6.61 Å². The summed E-state index contributed by atoms with van der Waals surface area (Å²) in [6.07, 6.45) is 2.14. The maximum Gasteiger partial charge on any atom is 0.191 e. The van der Waals surface area contributed by atoms with E-state index in [-0.39, 0.29) is 22.7 Å². The SMILES string of the molecule is CC(=O)CCC(C=O)[C@@H](CO[Si](C)(C)C(C)(C)C)C(C)C. The van der Waals surface area contributed by atoms with Gasteiger partial charge >= 0.3 is 0 Å². The largest absolute Gasteiger partial charge is 0.417 e. The lowest BCUT2D eigenvalue weighted by Crippen LogP contribution is -2.43. The second-order valence-electron chi connectivity index (χ2n) is 8.02. The zero-order valence-corrected chi connectivity index (χ0v) is 16.2. The molecular formula is C17H34O3Si. The molecule has 3 nitrogen and oxygen atoms in total. The number of rotatable bonds is 9. The summed E-state index contributed by atoms with van der Waals surface area (Å²) in [5, 5.41) is 0.171. The van der Waals surface area contributed by atoms with Crippen LogP contribution in [0.1, 0.15) is 54.4 Å². The van der Waals surface area contributed by atoms with E-state index in [9.17, 15) is 9.59 Å². The van der Waals surface area contributed by atoms with Crippen molar-refractivity contribution in [1.82, 2.24) is 0 Å². The molecular weight excluding hydrogens is 280 g/mol. The van der Waals surface area contributed by atoms with E-state index >= 15 is 0 Å². The van der Waals surface area contributed by atoms with Gasteiger partial charge in [-0.2, -0.15) is 0 Å². The van der Waals surface area contributed by atoms with Crippen molar-refractivity contribution in [2.24, 2.45) is 17.8 Å². The van der Waals surface area contributed by atoms with Gasteiger partial charge in [0.05, 0.1) is 0 Å². The number of carbonyl (C=O) groups excluding carboxylic acids is 2. The lowest BCUT2D eigenvalue weighted by molar-refractivity contribution is -0.118. The standard InChI is InChI=1S/C17H34O3Si/c1-13(2)16(15(11-18)10-9-14(3)19)12-20-21(7,8)17(4,5)6/h11,13,15-16H,9-10,12H2,1-8H3/t15?,16-/m0/s1. The summed E-state index contributed by atoms with van der Waals surface area (Å²) >= 11 is 0. The van der Waals surface area contributed by atoms with E-state index in [1.54, 1.807) is 6.92 Å². The van der Waals surface area contributed by atoms with Crippen molar-refractivity contribution in [3.63, 3.8) is 0 Å². The summed E-state index contributed by atoms with van der Waals surface area (Å²) in [7, 11) is -1.80. The maximum absolute atomic E-state index is 11.4. The molecule has 0 spiro atoms. The Hall–Kier alpha value is -0.483. The average molecular weight is 315 g/mol. The van der Waals surface area contributed by atoms with Crippen molar-refractivity contribution in [3.8, 4) is 0 Å². The van der Waals surface area contributed by atoms with E-state index in [0.29, 0.717) is 25.4 Å². The van der Waals surface area contributed by atoms with Crippen molar-refractivity contribution in [1.29, 1.82) is 0 Å². The first-order valence-corrected chi connectivity index (χ1v) is 10.9. The highest BCUT2D eigenvalue weighted by Crippen LogP contribution is 2.37. The Kier molecular flexibility index (Phi) is 8.04. The molecule has 0 aliphatic heterocycles. The molecule has 0 rings (SSSR count). The van der Waals surface area contributed by atoms with Gasteiger partial charge in [0.25, 0.3) is 0 Å². The Morgan fingerprint density at radius 3 is 2.10 bits per heavy atom. The molecule has 0 aliphatic carbocycles. The van der Waals surface area contributed by atoms with Gasteiger partial charge in [0.2, 0.25) is 0 Å². The summed E-state index contributed by atoms with van der Waals surface area (Å²) in [4.78, 5) is 22.6. The van der Waals surface area contributed by atoms with E-state index in [0.717, 1.165) is 6.29 Å². The highest BCUT2D eigenvalue weighted by atomic mass is 28.4. The maximum atomic E-state index is 11.4. The van der Waals surface area contributed by atoms with Crippen LogP contribution in [0, 0.1) is 17.8 Å². The summed E-state index contributed by atoms with van der Waals surface area (Å²) in [5.74, 6) is 0.626. The van der Waals surface area contributed by atoms with Gasteiger partial charge in [-0.3, -0.25) is 0 Å². The fraction of sp³-hybridized carbons (Fsp3) is 0.882. The van der Waals surface area contributed by atoms with Crippen LogP contribution in [0.3, 0.4) is 0 Å². The zero-order chi connectivity index (χ0) is 16.8. The summed E-state index contributed by atoms with van der Waals surface area (Å²) in [6, 6.07) is 0. The molecule has 4 heteroatoms. The normalized spacial score (nSPS) is 15.9. The minimum Gasteiger partial charge on any atom is -0.417 e. The molecule has 0 aromatic heterocycles. The van der Waals surface area contributed by atoms with Crippen LogP contribution in [0.2, 0.25) is 18.1 Å². The monoisotopic (exact) mass is 314 g/mol.